The first-order chi connectivity index (χ1) is 11.2. The number of fused-ring (bicyclic) bond motifs is 1. The molecule has 0 saturated carbocycles. The number of rotatable bonds is 6. The summed E-state index contributed by atoms with van der Waals surface area (Å²) in [6.07, 6.45) is 2.01. The summed E-state index contributed by atoms with van der Waals surface area (Å²) in [6, 6.07) is 5.34. The molecule has 0 N–H and O–H groups in total. The highest BCUT2D eigenvalue weighted by molar-refractivity contribution is 5.86. The fourth-order valence-corrected chi connectivity index (χ4v) is 2.47. The predicted molar refractivity (Wildman–Crippen MR) is 95.8 cm³/mol. The van der Waals surface area contributed by atoms with Crippen LogP contribution in [0.25, 0.3) is 11.0 Å². The van der Waals surface area contributed by atoms with Crippen molar-refractivity contribution < 1.29 is 13.9 Å². The summed E-state index contributed by atoms with van der Waals surface area (Å²) >= 11 is 0. The molecule has 128 valence electrons. The lowest BCUT2D eigenvalue weighted by atomic mass is 9.85. The van der Waals surface area contributed by atoms with Crippen LogP contribution in [0.4, 0.5) is 0 Å². The van der Waals surface area contributed by atoms with Gasteiger partial charge in [0.15, 0.2) is 0 Å². The van der Waals surface area contributed by atoms with Crippen LogP contribution in [0.1, 0.15) is 38.8 Å². The second-order valence-electron chi connectivity index (χ2n) is 6.87. The van der Waals surface area contributed by atoms with Gasteiger partial charge in [0.1, 0.15) is 17.1 Å². The lowest BCUT2D eigenvalue weighted by Crippen LogP contribution is -2.22. The molecule has 0 unspecified atom stereocenters. The van der Waals surface area contributed by atoms with Crippen molar-refractivity contribution in [1.82, 2.24) is 0 Å². The minimum Gasteiger partial charge on any atom is -0.496 e. The standard InChI is InChI=1S/C20H24O4/c1-7-20(4,5)15-9-13-8-14(10-16(21)12(2)3)17(23-6)11-18(13)24-19(15)22/h7-9,11-12H,1,10H2,2-6H3. The third-order valence-electron chi connectivity index (χ3n) is 4.35. The summed E-state index contributed by atoms with van der Waals surface area (Å²) in [5.41, 5.74) is 0.890. The van der Waals surface area contributed by atoms with Crippen molar-refractivity contribution in [2.45, 2.75) is 39.5 Å². The number of ketones is 1. The lowest BCUT2D eigenvalue weighted by molar-refractivity contribution is -0.121. The van der Waals surface area contributed by atoms with Crippen LogP contribution in [0.5, 0.6) is 5.75 Å². The second kappa shape index (κ2) is 6.63. The van der Waals surface area contributed by atoms with Gasteiger partial charge in [0.2, 0.25) is 0 Å². The van der Waals surface area contributed by atoms with E-state index in [0.29, 0.717) is 16.9 Å². The van der Waals surface area contributed by atoms with Gasteiger partial charge in [-0.15, -0.1) is 6.58 Å². The van der Waals surface area contributed by atoms with Gasteiger partial charge in [-0.25, -0.2) is 4.79 Å². The van der Waals surface area contributed by atoms with Gasteiger partial charge in [0.05, 0.1) is 7.11 Å². The van der Waals surface area contributed by atoms with Crippen molar-refractivity contribution in [2.24, 2.45) is 5.92 Å². The zero-order valence-corrected chi connectivity index (χ0v) is 14.9. The Kier molecular flexibility index (Phi) is 4.97. The van der Waals surface area contributed by atoms with Crippen LogP contribution in [0, 0.1) is 5.92 Å². The Labute approximate surface area is 142 Å². The van der Waals surface area contributed by atoms with E-state index < -0.39 is 5.41 Å². The molecule has 0 bridgehead atoms. The van der Waals surface area contributed by atoms with Gasteiger partial charge in [-0.3, -0.25) is 4.79 Å². The monoisotopic (exact) mass is 328 g/mol. The number of carbonyl (C=O) groups is 1. The number of hydrogen-bond acceptors (Lipinski definition) is 4. The largest absolute Gasteiger partial charge is 0.496 e. The van der Waals surface area contributed by atoms with E-state index in [1.807, 2.05) is 39.8 Å². The molecule has 2 aromatic rings. The molecule has 0 aliphatic heterocycles. The number of carbonyl (C=O) groups excluding carboxylic acids is 1. The summed E-state index contributed by atoms with van der Waals surface area (Å²) in [7, 11) is 1.54. The second-order valence-corrected chi connectivity index (χ2v) is 6.87. The maximum absolute atomic E-state index is 12.3. The highest BCUT2D eigenvalue weighted by Crippen LogP contribution is 2.30. The van der Waals surface area contributed by atoms with Crippen molar-refractivity contribution >= 4 is 16.8 Å². The average molecular weight is 328 g/mol. The third-order valence-corrected chi connectivity index (χ3v) is 4.35. The topological polar surface area (TPSA) is 56.5 Å². The van der Waals surface area contributed by atoms with Crippen LogP contribution >= 0.6 is 0 Å². The zero-order valence-electron chi connectivity index (χ0n) is 14.9. The minimum atomic E-state index is -0.497. The molecule has 1 heterocycles. The summed E-state index contributed by atoms with van der Waals surface area (Å²) in [5, 5.41) is 0.770. The Morgan fingerprint density at radius 2 is 2.00 bits per heavy atom. The molecule has 0 fully saturated rings. The van der Waals surface area contributed by atoms with Gasteiger partial charge >= 0.3 is 5.63 Å². The molecule has 4 heteroatoms. The van der Waals surface area contributed by atoms with Gasteiger partial charge in [0.25, 0.3) is 0 Å². The molecule has 1 aromatic carbocycles. The molecule has 0 aliphatic carbocycles. The van der Waals surface area contributed by atoms with Gasteiger partial charge < -0.3 is 9.15 Å². The highest BCUT2D eigenvalue weighted by Gasteiger charge is 2.22. The predicted octanol–water partition coefficient (Wildman–Crippen LogP) is 4.03. The molecule has 0 radical (unpaired) electrons. The third kappa shape index (κ3) is 3.42. The van der Waals surface area contributed by atoms with Crippen molar-refractivity contribution in [3.05, 3.63) is 52.4 Å². The number of Topliss-reactive ketones (excluding diaryl/α,β-unsaturated/α-hetero) is 1. The van der Waals surface area contributed by atoms with E-state index in [0.717, 1.165) is 10.9 Å². The first kappa shape index (κ1) is 18.0. The summed E-state index contributed by atoms with van der Waals surface area (Å²) in [4.78, 5) is 24.4. The molecule has 1 aromatic heterocycles. The Hall–Kier alpha value is -2.36. The summed E-state index contributed by atoms with van der Waals surface area (Å²) in [6.45, 7) is 11.4. The van der Waals surface area contributed by atoms with Crippen LogP contribution in [-0.4, -0.2) is 12.9 Å². The van der Waals surface area contributed by atoms with E-state index in [4.69, 9.17) is 9.15 Å². The van der Waals surface area contributed by atoms with E-state index in [2.05, 4.69) is 6.58 Å². The molecule has 0 saturated heterocycles. The number of hydrogen-bond donors (Lipinski definition) is 0. The molecule has 0 spiro atoms. The number of ether oxygens (including phenoxy) is 1. The van der Waals surface area contributed by atoms with Crippen molar-refractivity contribution in [3.63, 3.8) is 0 Å². The number of methoxy groups -OCH3 is 1. The van der Waals surface area contributed by atoms with Crippen LogP contribution in [0.2, 0.25) is 0 Å². The van der Waals surface area contributed by atoms with E-state index in [1.54, 1.807) is 12.1 Å². The molecular formula is C20H24O4. The van der Waals surface area contributed by atoms with Crippen molar-refractivity contribution in [2.75, 3.05) is 7.11 Å². The summed E-state index contributed by atoms with van der Waals surface area (Å²) in [5.74, 6) is 0.640. The first-order valence-electron chi connectivity index (χ1n) is 8.01. The van der Waals surface area contributed by atoms with Crippen LogP contribution in [0.3, 0.4) is 0 Å². The van der Waals surface area contributed by atoms with Crippen molar-refractivity contribution in [3.8, 4) is 5.75 Å². The molecule has 4 nitrogen and oxygen atoms in total. The van der Waals surface area contributed by atoms with Gasteiger partial charge in [-0.2, -0.15) is 0 Å². The average Bonchev–Trinajstić information content (AvgIpc) is 2.53. The number of benzene rings is 1. The maximum Gasteiger partial charge on any atom is 0.340 e. The maximum atomic E-state index is 12.3. The van der Waals surface area contributed by atoms with E-state index in [9.17, 15) is 9.59 Å². The van der Waals surface area contributed by atoms with E-state index in [1.165, 1.54) is 7.11 Å². The fourth-order valence-electron chi connectivity index (χ4n) is 2.47. The van der Waals surface area contributed by atoms with Gasteiger partial charge in [-0.1, -0.05) is 33.8 Å². The van der Waals surface area contributed by atoms with Gasteiger partial charge in [-0.05, 0) is 12.1 Å². The van der Waals surface area contributed by atoms with E-state index in [-0.39, 0.29) is 23.7 Å². The first-order valence-corrected chi connectivity index (χ1v) is 8.01. The quantitative estimate of drug-likeness (QED) is 0.593. The molecule has 0 amide bonds. The fraction of sp³-hybridized carbons (Fsp3) is 0.400. The SMILES string of the molecule is C=CC(C)(C)c1cc2cc(CC(=O)C(C)C)c(OC)cc2oc1=O. The molecule has 24 heavy (non-hydrogen) atoms. The number of allylic oxidation sites excluding steroid dienone is 1. The Balaban J connectivity index is 2.65. The molecule has 2 rings (SSSR count). The smallest absolute Gasteiger partial charge is 0.340 e. The lowest BCUT2D eigenvalue weighted by Gasteiger charge is -2.19. The summed E-state index contributed by atoms with van der Waals surface area (Å²) < 4.78 is 10.8. The van der Waals surface area contributed by atoms with Crippen molar-refractivity contribution in [1.29, 1.82) is 0 Å². The zero-order chi connectivity index (χ0) is 18.1. The minimum absolute atomic E-state index is 0.0469. The Morgan fingerprint density at radius 1 is 1.33 bits per heavy atom. The molecule has 0 aliphatic rings. The van der Waals surface area contributed by atoms with Crippen LogP contribution < -0.4 is 10.4 Å². The van der Waals surface area contributed by atoms with Crippen LogP contribution in [0.15, 0.2) is 40.1 Å². The molecular weight excluding hydrogens is 304 g/mol. The van der Waals surface area contributed by atoms with Crippen LogP contribution in [-0.2, 0) is 16.6 Å². The van der Waals surface area contributed by atoms with Gasteiger partial charge in [0, 0.05) is 40.3 Å². The molecule has 0 atom stereocenters. The Morgan fingerprint density at radius 3 is 2.54 bits per heavy atom. The normalized spacial score (nSPS) is 11.8. The highest BCUT2D eigenvalue weighted by atomic mass is 16.5. The Bertz CT molecular complexity index is 841. The van der Waals surface area contributed by atoms with E-state index >= 15 is 0 Å².